The van der Waals surface area contributed by atoms with E-state index in [2.05, 4.69) is 16.6 Å². The second-order valence-corrected chi connectivity index (χ2v) is 3.22. The number of alkyl carbamates (subject to hydrolysis) is 1. The van der Waals surface area contributed by atoms with E-state index in [0.717, 1.165) is 5.57 Å². The van der Waals surface area contributed by atoms with Crippen molar-refractivity contribution < 1.29 is 14.3 Å². The number of amides is 1. The van der Waals surface area contributed by atoms with Crippen LogP contribution in [0.4, 0.5) is 4.79 Å². The summed E-state index contributed by atoms with van der Waals surface area (Å²) in [5.74, 6) is -0.613. The number of nitrogens with one attached hydrogen (secondary N) is 1. The van der Waals surface area contributed by atoms with Crippen molar-refractivity contribution >= 4 is 12.1 Å². The molecule has 2 atom stereocenters. The van der Waals surface area contributed by atoms with Crippen molar-refractivity contribution in [1.29, 1.82) is 0 Å². The van der Waals surface area contributed by atoms with E-state index < -0.39 is 12.1 Å². The van der Waals surface area contributed by atoms with Crippen LogP contribution in [0, 0.1) is 5.92 Å². The average molecular weight is 167 g/mol. The number of ether oxygens (including phenoxy) is 1. The third-order valence-electron chi connectivity index (χ3n) is 2.30. The van der Waals surface area contributed by atoms with E-state index in [0.29, 0.717) is 12.8 Å². The van der Waals surface area contributed by atoms with E-state index >= 15 is 0 Å². The van der Waals surface area contributed by atoms with Gasteiger partial charge in [0.25, 0.3) is 0 Å². The highest BCUT2D eigenvalue weighted by molar-refractivity contribution is 5.90. The van der Waals surface area contributed by atoms with Gasteiger partial charge in [-0.2, -0.15) is 0 Å². The molecular formula is C8H9NO3. The fraction of sp³-hybridized carbons (Fsp3) is 0.500. The van der Waals surface area contributed by atoms with Gasteiger partial charge in [-0.3, -0.25) is 4.79 Å². The molecule has 64 valence electrons. The normalized spacial score (nSPS) is 34.2. The molecule has 2 unspecified atom stereocenters. The minimum atomic E-state index is -0.629. The first-order valence-electron chi connectivity index (χ1n) is 3.85. The summed E-state index contributed by atoms with van der Waals surface area (Å²) >= 11 is 0. The third-order valence-corrected chi connectivity index (χ3v) is 2.30. The molecular weight excluding hydrogens is 158 g/mol. The molecule has 2 aliphatic rings. The van der Waals surface area contributed by atoms with Gasteiger partial charge >= 0.3 is 12.1 Å². The highest BCUT2D eigenvalue weighted by atomic mass is 16.6. The first-order valence-corrected chi connectivity index (χ1v) is 3.85. The summed E-state index contributed by atoms with van der Waals surface area (Å²) in [7, 11) is 0. The Balaban J connectivity index is 2.20. The zero-order valence-corrected chi connectivity index (χ0v) is 6.50. The van der Waals surface area contributed by atoms with Gasteiger partial charge in [0.05, 0.1) is 5.92 Å². The number of carbonyl (C=O) groups is 2. The first-order chi connectivity index (χ1) is 5.66. The summed E-state index contributed by atoms with van der Waals surface area (Å²) in [4.78, 5) is 21.8. The molecule has 0 spiro atoms. The van der Waals surface area contributed by atoms with E-state index in [4.69, 9.17) is 0 Å². The Morgan fingerprint density at radius 2 is 2.17 bits per heavy atom. The molecule has 1 aliphatic carbocycles. The fourth-order valence-corrected chi connectivity index (χ4v) is 1.74. The highest BCUT2D eigenvalue weighted by Gasteiger charge is 2.41. The molecule has 12 heavy (non-hydrogen) atoms. The second-order valence-electron chi connectivity index (χ2n) is 3.22. The van der Waals surface area contributed by atoms with Crippen LogP contribution < -0.4 is 5.32 Å². The molecule has 4 nitrogen and oxygen atoms in total. The van der Waals surface area contributed by atoms with Crippen molar-refractivity contribution in [2.45, 2.75) is 18.9 Å². The van der Waals surface area contributed by atoms with Gasteiger partial charge < -0.3 is 10.1 Å². The number of esters is 1. The standard InChI is InChI=1S/C8H9NO3/c1-4-2-5-6(3-4)9-8(11)12-7(5)10/h5-6H,1-3H2,(H,9,11). The van der Waals surface area contributed by atoms with Crippen molar-refractivity contribution in [3.05, 3.63) is 12.2 Å². The number of fused-ring (bicyclic) bond motifs is 1. The molecule has 0 aromatic carbocycles. The minimum absolute atomic E-state index is 0.0775. The Bertz CT molecular complexity index is 271. The Morgan fingerprint density at radius 1 is 1.42 bits per heavy atom. The fourth-order valence-electron chi connectivity index (χ4n) is 1.74. The topological polar surface area (TPSA) is 55.4 Å². The van der Waals surface area contributed by atoms with Crippen molar-refractivity contribution in [3.63, 3.8) is 0 Å². The van der Waals surface area contributed by atoms with E-state index in [-0.39, 0.29) is 12.0 Å². The maximum absolute atomic E-state index is 11.1. The maximum Gasteiger partial charge on any atom is 0.415 e. The van der Waals surface area contributed by atoms with Crippen molar-refractivity contribution in [1.82, 2.24) is 5.32 Å². The van der Waals surface area contributed by atoms with E-state index in [1.54, 1.807) is 0 Å². The van der Waals surface area contributed by atoms with Crippen molar-refractivity contribution in [2.24, 2.45) is 5.92 Å². The van der Waals surface area contributed by atoms with Crippen molar-refractivity contribution in [2.75, 3.05) is 0 Å². The van der Waals surface area contributed by atoms with Crippen LogP contribution in [0.15, 0.2) is 12.2 Å². The molecule has 1 heterocycles. The van der Waals surface area contributed by atoms with E-state index in [1.165, 1.54) is 0 Å². The Labute approximate surface area is 69.6 Å². The molecule has 1 saturated heterocycles. The molecule has 1 aliphatic heterocycles. The molecule has 4 heteroatoms. The highest BCUT2D eigenvalue weighted by Crippen LogP contribution is 2.32. The zero-order chi connectivity index (χ0) is 8.72. The van der Waals surface area contributed by atoms with E-state index in [1.807, 2.05) is 0 Å². The van der Waals surface area contributed by atoms with Crippen LogP contribution in [0.3, 0.4) is 0 Å². The van der Waals surface area contributed by atoms with Crippen LogP contribution in [0.2, 0.25) is 0 Å². The van der Waals surface area contributed by atoms with Crippen molar-refractivity contribution in [3.8, 4) is 0 Å². The lowest BCUT2D eigenvalue weighted by molar-refractivity contribution is -0.144. The van der Waals surface area contributed by atoms with Gasteiger partial charge in [0.15, 0.2) is 0 Å². The van der Waals surface area contributed by atoms with Gasteiger partial charge in [-0.25, -0.2) is 4.79 Å². The van der Waals surface area contributed by atoms with Crippen LogP contribution in [0.25, 0.3) is 0 Å². The molecule has 2 rings (SSSR count). The number of hydrogen-bond acceptors (Lipinski definition) is 3. The lowest BCUT2D eigenvalue weighted by Crippen LogP contribution is -2.47. The molecule has 2 fully saturated rings. The molecule has 1 amide bonds. The smallest absolute Gasteiger partial charge is 0.376 e. The molecule has 0 bridgehead atoms. The molecule has 0 aromatic rings. The molecule has 0 aromatic heterocycles. The number of carbonyl (C=O) groups excluding carboxylic acids is 2. The van der Waals surface area contributed by atoms with Gasteiger partial charge in [-0.15, -0.1) is 0 Å². The Morgan fingerprint density at radius 3 is 2.92 bits per heavy atom. The van der Waals surface area contributed by atoms with Crippen LogP contribution in [0.5, 0.6) is 0 Å². The second kappa shape index (κ2) is 2.33. The lowest BCUT2D eigenvalue weighted by atomic mass is 10.0. The molecule has 0 radical (unpaired) electrons. The number of rotatable bonds is 0. The van der Waals surface area contributed by atoms with Crippen LogP contribution in [0.1, 0.15) is 12.8 Å². The zero-order valence-electron chi connectivity index (χ0n) is 6.50. The molecule has 1 saturated carbocycles. The lowest BCUT2D eigenvalue weighted by Gasteiger charge is -2.23. The molecule has 1 N–H and O–H groups in total. The van der Waals surface area contributed by atoms with Crippen LogP contribution in [-0.4, -0.2) is 18.1 Å². The summed E-state index contributed by atoms with van der Waals surface area (Å²) in [6.07, 6.45) is 0.714. The quantitative estimate of drug-likeness (QED) is 0.326. The summed E-state index contributed by atoms with van der Waals surface area (Å²) in [6, 6.07) is -0.0775. The SMILES string of the molecule is C=C1CC2NC(=O)OC(=O)C2C1. The summed E-state index contributed by atoms with van der Waals surface area (Å²) < 4.78 is 4.42. The Kier molecular flexibility index (Phi) is 1.43. The number of hydrogen-bond donors (Lipinski definition) is 1. The monoisotopic (exact) mass is 167 g/mol. The third kappa shape index (κ3) is 0.995. The summed E-state index contributed by atoms with van der Waals surface area (Å²) in [5.41, 5.74) is 1.00. The predicted octanol–water partition coefficient (Wildman–Crippen LogP) is 0.588. The number of cyclic esters (lactones) is 2. The van der Waals surface area contributed by atoms with Gasteiger partial charge in [0.2, 0.25) is 0 Å². The summed E-state index contributed by atoms with van der Waals surface area (Å²) in [5, 5.41) is 2.60. The maximum atomic E-state index is 11.1. The first kappa shape index (κ1) is 7.34. The van der Waals surface area contributed by atoms with E-state index in [9.17, 15) is 9.59 Å². The van der Waals surface area contributed by atoms with Gasteiger partial charge in [0.1, 0.15) is 0 Å². The van der Waals surface area contributed by atoms with Gasteiger partial charge in [0, 0.05) is 6.04 Å². The average Bonchev–Trinajstić information content (AvgIpc) is 2.29. The van der Waals surface area contributed by atoms with Gasteiger partial charge in [-0.1, -0.05) is 12.2 Å². The predicted molar refractivity (Wildman–Crippen MR) is 40.3 cm³/mol. The largest absolute Gasteiger partial charge is 0.415 e. The summed E-state index contributed by atoms with van der Waals surface area (Å²) in [6.45, 7) is 3.78. The van der Waals surface area contributed by atoms with Gasteiger partial charge in [-0.05, 0) is 12.8 Å². The van der Waals surface area contributed by atoms with Crippen LogP contribution in [-0.2, 0) is 9.53 Å². The Hall–Kier alpha value is -1.32. The van der Waals surface area contributed by atoms with Crippen LogP contribution >= 0.6 is 0 Å². The minimum Gasteiger partial charge on any atom is -0.376 e.